The SMILES string of the molecule is CCCCN(c1ncc(Br)cc1Cl)C1CC1. The minimum absolute atomic E-state index is 0.665. The molecule has 1 heterocycles. The quantitative estimate of drug-likeness (QED) is 0.807. The van der Waals surface area contributed by atoms with Crippen molar-refractivity contribution in [1.82, 2.24) is 4.98 Å². The van der Waals surface area contributed by atoms with Gasteiger partial charge in [-0.1, -0.05) is 24.9 Å². The summed E-state index contributed by atoms with van der Waals surface area (Å²) in [6, 6.07) is 2.59. The van der Waals surface area contributed by atoms with Crippen LogP contribution in [0.3, 0.4) is 0 Å². The molecule has 0 atom stereocenters. The van der Waals surface area contributed by atoms with Crippen molar-refractivity contribution in [2.75, 3.05) is 11.4 Å². The number of unbranched alkanes of at least 4 members (excludes halogenated alkanes) is 1. The molecular weight excluding hydrogens is 288 g/mol. The van der Waals surface area contributed by atoms with Crippen LogP contribution in [-0.2, 0) is 0 Å². The lowest BCUT2D eigenvalue weighted by Crippen LogP contribution is -2.27. The summed E-state index contributed by atoms with van der Waals surface area (Å²) in [7, 11) is 0. The minimum Gasteiger partial charge on any atom is -0.352 e. The molecule has 0 amide bonds. The standard InChI is InChI=1S/C12H16BrClN2/c1-2-3-6-16(10-4-5-10)12-11(14)7-9(13)8-15-12/h7-8,10H,2-6H2,1H3. The zero-order valence-corrected chi connectivity index (χ0v) is 11.8. The van der Waals surface area contributed by atoms with Gasteiger partial charge in [-0.05, 0) is 41.3 Å². The van der Waals surface area contributed by atoms with E-state index in [9.17, 15) is 0 Å². The molecule has 0 radical (unpaired) electrons. The van der Waals surface area contributed by atoms with Gasteiger partial charge in [-0.3, -0.25) is 0 Å². The predicted molar refractivity (Wildman–Crippen MR) is 72.2 cm³/mol. The summed E-state index contributed by atoms with van der Waals surface area (Å²) in [5.41, 5.74) is 0. The molecule has 0 spiro atoms. The Morgan fingerprint density at radius 2 is 2.31 bits per heavy atom. The Labute approximate surface area is 110 Å². The molecule has 1 aromatic rings. The van der Waals surface area contributed by atoms with Crippen LogP contribution < -0.4 is 4.90 Å². The summed E-state index contributed by atoms with van der Waals surface area (Å²) in [5, 5.41) is 0.748. The first kappa shape index (κ1) is 12.2. The molecule has 2 rings (SSSR count). The van der Waals surface area contributed by atoms with Gasteiger partial charge in [0.25, 0.3) is 0 Å². The summed E-state index contributed by atoms with van der Waals surface area (Å²) < 4.78 is 0.937. The first-order chi connectivity index (χ1) is 7.72. The van der Waals surface area contributed by atoms with E-state index in [1.54, 1.807) is 0 Å². The van der Waals surface area contributed by atoms with E-state index in [0.717, 1.165) is 21.9 Å². The van der Waals surface area contributed by atoms with Crippen LogP contribution in [0.15, 0.2) is 16.7 Å². The third-order valence-corrected chi connectivity index (χ3v) is 3.51. The molecule has 1 aliphatic carbocycles. The van der Waals surface area contributed by atoms with E-state index in [4.69, 9.17) is 11.6 Å². The Hall–Kier alpha value is -0.280. The lowest BCUT2D eigenvalue weighted by atomic mass is 10.3. The number of hydrogen-bond acceptors (Lipinski definition) is 2. The van der Waals surface area contributed by atoms with Gasteiger partial charge in [0, 0.05) is 23.3 Å². The van der Waals surface area contributed by atoms with Crippen molar-refractivity contribution in [1.29, 1.82) is 0 Å². The van der Waals surface area contributed by atoms with Crippen molar-refractivity contribution < 1.29 is 0 Å². The molecule has 1 saturated carbocycles. The number of hydrogen-bond donors (Lipinski definition) is 0. The average molecular weight is 304 g/mol. The Morgan fingerprint density at radius 1 is 1.56 bits per heavy atom. The van der Waals surface area contributed by atoms with Gasteiger partial charge in [0.2, 0.25) is 0 Å². The molecular formula is C12H16BrClN2. The second kappa shape index (κ2) is 5.37. The number of nitrogens with zero attached hydrogens (tertiary/aromatic N) is 2. The molecule has 0 N–H and O–H groups in total. The number of aromatic nitrogens is 1. The third-order valence-electron chi connectivity index (χ3n) is 2.80. The smallest absolute Gasteiger partial charge is 0.147 e. The highest BCUT2D eigenvalue weighted by Gasteiger charge is 2.30. The predicted octanol–water partition coefficient (Wildman–Crippen LogP) is 4.27. The Bertz CT molecular complexity index is 366. The van der Waals surface area contributed by atoms with E-state index in [-0.39, 0.29) is 0 Å². The van der Waals surface area contributed by atoms with Crippen molar-refractivity contribution in [2.24, 2.45) is 0 Å². The Kier molecular flexibility index (Phi) is 4.09. The second-order valence-electron chi connectivity index (χ2n) is 4.24. The highest BCUT2D eigenvalue weighted by atomic mass is 79.9. The van der Waals surface area contributed by atoms with E-state index in [1.807, 2.05) is 12.3 Å². The number of pyridine rings is 1. The average Bonchev–Trinajstić information content (AvgIpc) is 3.05. The number of rotatable bonds is 5. The van der Waals surface area contributed by atoms with Gasteiger partial charge >= 0.3 is 0 Å². The van der Waals surface area contributed by atoms with Crippen LogP contribution in [0.25, 0.3) is 0 Å². The maximum atomic E-state index is 6.24. The van der Waals surface area contributed by atoms with Crippen molar-refractivity contribution in [3.8, 4) is 0 Å². The first-order valence-electron chi connectivity index (χ1n) is 5.80. The fraction of sp³-hybridized carbons (Fsp3) is 0.583. The lowest BCUT2D eigenvalue weighted by Gasteiger charge is -2.24. The number of halogens is 2. The molecule has 1 aliphatic rings. The molecule has 0 saturated heterocycles. The van der Waals surface area contributed by atoms with Crippen LogP contribution in [0, 0.1) is 0 Å². The fourth-order valence-corrected chi connectivity index (χ4v) is 2.53. The summed E-state index contributed by atoms with van der Waals surface area (Å²) >= 11 is 9.63. The van der Waals surface area contributed by atoms with Gasteiger partial charge in [-0.2, -0.15) is 0 Å². The molecule has 0 aromatic carbocycles. The van der Waals surface area contributed by atoms with Gasteiger partial charge in [0.1, 0.15) is 5.82 Å². The van der Waals surface area contributed by atoms with Crippen molar-refractivity contribution in [3.05, 3.63) is 21.8 Å². The van der Waals surface area contributed by atoms with Crippen molar-refractivity contribution >= 4 is 33.3 Å². The van der Waals surface area contributed by atoms with E-state index in [1.165, 1.54) is 25.7 Å². The second-order valence-corrected chi connectivity index (χ2v) is 5.56. The topological polar surface area (TPSA) is 16.1 Å². The molecule has 1 fully saturated rings. The highest BCUT2D eigenvalue weighted by molar-refractivity contribution is 9.10. The molecule has 16 heavy (non-hydrogen) atoms. The van der Waals surface area contributed by atoms with Crippen LogP contribution in [-0.4, -0.2) is 17.6 Å². The van der Waals surface area contributed by atoms with Gasteiger partial charge in [-0.15, -0.1) is 0 Å². The zero-order valence-electron chi connectivity index (χ0n) is 9.42. The van der Waals surface area contributed by atoms with Gasteiger partial charge in [0.15, 0.2) is 0 Å². The highest BCUT2D eigenvalue weighted by Crippen LogP contribution is 2.35. The molecule has 0 bridgehead atoms. The third kappa shape index (κ3) is 2.89. The van der Waals surface area contributed by atoms with E-state index >= 15 is 0 Å². The normalized spacial score (nSPS) is 15.2. The van der Waals surface area contributed by atoms with Crippen LogP contribution >= 0.6 is 27.5 Å². The van der Waals surface area contributed by atoms with Crippen LogP contribution in [0.4, 0.5) is 5.82 Å². The summed E-state index contributed by atoms with van der Waals surface area (Å²) in [5.74, 6) is 0.945. The summed E-state index contributed by atoms with van der Waals surface area (Å²) in [6.45, 7) is 3.28. The monoisotopic (exact) mass is 302 g/mol. The molecule has 0 unspecified atom stereocenters. The van der Waals surface area contributed by atoms with Gasteiger partial charge in [-0.25, -0.2) is 4.98 Å². The van der Waals surface area contributed by atoms with E-state index in [0.29, 0.717) is 6.04 Å². The molecule has 2 nitrogen and oxygen atoms in total. The fourth-order valence-electron chi connectivity index (χ4n) is 1.79. The first-order valence-corrected chi connectivity index (χ1v) is 6.97. The Balaban J connectivity index is 2.17. The number of anilines is 1. The van der Waals surface area contributed by atoms with E-state index < -0.39 is 0 Å². The van der Waals surface area contributed by atoms with E-state index in [2.05, 4.69) is 32.7 Å². The maximum Gasteiger partial charge on any atom is 0.147 e. The van der Waals surface area contributed by atoms with Crippen LogP contribution in [0.2, 0.25) is 5.02 Å². The molecule has 0 aliphatic heterocycles. The van der Waals surface area contributed by atoms with Gasteiger partial charge < -0.3 is 4.90 Å². The van der Waals surface area contributed by atoms with Crippen LogP contribution in [0.1, 0.15) is 32.6 Å². The van der Waals surface area contributed by atoms with Gasteiger partial charge in [0.05, 0.1) is 5.02 Å². The van der Waals surface area contributed by atoms with Crippen LogP contribution in [0.5, 0.6) is 0 Å². The minimum atomic E-state index is 0.665. The van der Waals surface area contributed by atoms with Crippen molar-refractivity contribution in [3.63, 3.8) is 0 Å². The van der Waals surface area contributed by atoms with Crippen molar-refractivity contribution in [2.45, 2.75) is 38.6 Å². The largest absolute Gasteiger partial charge is 0.352 e. The summed E-state index contributed by atoms with van der Waals surface area (Å²) in [4.78, 5) is 6.80. The maximum absolute atomic E-state index is 6.24. The zero-order chi connectivity index (χ0) is 11.5. The molecule has 4 heteroatoms. The summed E-state index contributed by atoms with van der Waals surface area (Å²) in [6.07, 6.45) is 6.78. The Morgan fingerprint density at radius 3 is 2.88 bits per heavy atom. The lowest BCUT2D eigenvalue weighted by molar-refractivity contribution is 0.704. The molecule has 1 aromatic heterocycles. The molecule has 88 valence electrons.